The van der Waals surface area contributed by atoms with E-state index in [1.54, 1.807) is 0 Å². The summed E-state index contributed by atoms with van der Waals surface area (Å²) in [6.45, 7) is 7.66. The first-order valence-corrected chi connectivity index (χ1v) is 9.49. The Kier molecular flexibility index (Phi) is 5.32. The zero-order valence-electron chi connectivity index (χ0n) is 15.9. The summed E-state index contributed by atoms with van der Waals surface area (Å²) in [5, 5.41) is 0. The van der Waals surface area contributed by atoms with E-state index in [1.807, 2.05) is 20.8 Å². The van der Waals surface area contributed by atoms with Crippen molar-refractivity contribution in [2.45, 2.75) is 58.9 Å². The van der Waals surface area contributed by atoms with E-state index in [0.29, 0.717) is 22.5 Å². The molecule has 1 N–H and O–H groups in total. The predicted molar refractivity (Wildman–Crippen MR) is 97.0 cm³/mol. The Hall–Kier alpha value is -1.62. The fraction of sp³-hybridized carbons (Fsp3) is 0.700. The zero-order chi connectivity index (χ0) is 18.1. The van der Waals surface area contributed by atoms with Crippen molar-refractivity contribution in [3.05, 3.63) is 22.5 Å². The van der Waals surface area contributed by atoms with Gasteiger partial charge in [0.15, 0.2) is 5.78 Å². The SMILES string of the molecule is COC(=O)c1c(C)[nH]c(C(=O)[C@H](C)N2CC[C@@H]3CCCC[C@@H]3C2)c1C. The van der Waals surface area contributed by atoms with Gasteiger partial charge in [0.05, 0.1) is 24.4 Å². The number of rotatable bonds is 4. The van der Waals surface area contributed by atoms with Gasteiger partial charge >= 0.3 is 5.97 Å². The van der Waals surface area contributed by atoms with E-state index in [9.17, 15) is 9.59 Å². The van der Waals surface area contributed by atoms with Gasteiger partial charge in [-0.1, -0.05) is 19.3 Å². The second kappa shape index (κ2) is 7.32. The molecule has 5 nitrogen and oxygen atoms in total. The molecule has 2 aliphatic rings. The first-order valence-electron chi connectivity index (χ1n) is 9.49. The number of likely N-dealkylation sites (tertiary alicyclic amines) is 1. The van der Waals surface area contributed by atoms with Crippen LogP contribution in [0.25, 0.3) is 0 Å². The number of methoxy groups -OCH3 is 1. The highest BCUT2D eigenvalue weighted by Crippen LogP contribution is 2.37. The van der Waals surface area contributed by atoms with Crippen LogP contribution < -0.4 is 0 Å². The normalized spacial score (nSPS) is 25.3. The first-order chi connectivity index (χ1) is 11.9. The molecule has 25 heavy (non-hydrogen) atoms. The lowest BCUT2D eigenvalue weighted by molar-refractivity contribution is 0.0515. The highest BCUT2D eigenvalue weighted by Gasteiger charge is 2.35. The van der Waals surface area contributed by atoms with E-state index in [2.05, 4.69) is 9.88 Å². The number of nitrogens with zero attached hydrogens (tertiary/aromatic N) is 1. The van der Waals surface area contributed by atoms with Gasteiger partial charge < -0.3 is 9.72 Å². The highest BCUT2D eigenvalue weighted by atomic mass is 16.5. The Bertz CT molecular complexity index is 664. The number of carbonyl (C=O) groups excluding carboxylic acids is 2. The molecule has 1 saturated heterocycles. The third-order valence-corrected chi connectivity index (χ3v) is 6.32. The quantitative estimate of drug-likeness (QED) is 0.669. The van der Waals surface area contributed by atoms with Gasteiger partial charge in [-0.2, -0.15) is 0 Å². The van der Waals surface area contributed by atoms with Crippen molar-refractivity contribution in [1.29, 1.82) is 0 Å². The van der Waals surface area contributed by atoms with Gasteiger partial charge in [0.2, 0.25) is 0 Å². The number of hydrogen-bond acceptors (Lipinski definition) is 4. The molecule has 1 aliphatic heterocycles. The lowest BCUT2D eigenvalue weighted by atomic mass is 9.75. The Morgan fingerprint density at radius 2 is 1.84 bits per heavy atom. The number of piperidine rings is 1. The topological polar surface area (TPSA) is 62.4 Å². The van der Waals surface area contributed by atoms with Crippen LogP contribution in [0.3, 0.4) is 0 Å². The van der Waals surface area contributed by atoms with Crippen molar-refractivity contribution < 1.29 is 14.3 Å². The van der Waals surface area contributed by atoms with Crippen molar-refractivity contribution in [3.63, 3.8) is 0 Å². The molecule has 3 atom stereocenters. The molecule has 0 unspecified atom stereocenters. The molecule has 5 heteroatoms. The van der Waals surface area contributed by atoms with Crippen LogP contribution in [-0.2, 0) is 4.74 Å². The molecule has 138 valence electrons. The van der Waals surface area contributed by atoms with Gasteiger partial charge in [-0.25, -0.2) is 4.79 Å². The standard InChI is InChI=1S/C20H30N2O3/c1-12-17(20(24)25-4)13(2)21-18(12)19(23)14(3)22-10-9-15-7-5-6-8-16(15)11-22/h14-16,21H,5-11H2,1-4H3/t14-,15-,16+/m0/s1. The highest BCUT2D eigenvalue weighted by molar-refractivity contribution is 6.03. The number of aromatic nitrogens is 1. The number of aryl methyl sites for hydroxylation is 1. The van der Waals surface area contributed by atoms with Crippen LogP contribution in [0.2, 0.25) is 0 Å². The van der Waals surface area contributed by atoms with Gasteiger partial charge in [-0.05, 0) is 57.6 Å². The zero-order valence-corrected chi connectivity index (χ0v) is 15.9. The van der Waals surface area contributed by atoms with Crippen LogP contribution >= 0.6 is 0 Å². The molecule has 0 amide bonds. The Morgan fingerprint density at radius 3 is 2.52 bits per heavy atom. The maximum absolute atomic E-state index is 13.1. The van der Waals surface area contributed by atoms with Crippen molar-refractivity contribution in [2.75, 3.05) is 20.2 Å². The Labute approximate surface area is 150 Å². The molecule has 0 spiro atoms. The molecule has 2 heterocycles. The molecule has 3 rings (SSSR count). The van der Waals surface area contributed by atoms with Crippen molar-refractivity contribution in [2.24, 2.45) is 11.8 Å². The minimum atomic E-state index is -0.388. The third kappa shape index (κ3) is 3.39. The lowest BCUT2D eigenvalue weighted by Crippen LogP contribution is -2.48. The molecule has 2 fully saturated rings. The Morgan fingerprint density at radius 1 is 1.16 bits per heavy atom. The molecule has 1 aromatic rings. The summed E-state index contributed by atoms with van der Waals surface area (Å²) in [6.07, 6.45) is 6.56. The number of carbonyl (C=O) groups is 2. The van der Waals surface area contributed by atoms with Gasteiger partial charge in [-0.15, -0.1) is 0 Å². The fourth-order valence-electron chi connectivity index (χ4n) is 4.76. The van der Waals surface area contributed by atoms with Crippen LogP contribution in [0.15, 0.2) is 0 Å². The van der Waals surface area contributed by atoms with E-state index >= 15 is 0 Å². The molecule has 1 aromatic heterocycles. The summed E-state index contributed by atoms with van der Waals surface area (Å²) in [5.41, 5.74) is 2.44. The first kappa shape index (κ1) is 18.2. The van der Waals surface area contributed by atoms with Gasteiger partial charge in [0.1, 0.15) is 0 Å². The number of Topliss-reactive ketones (excluding diaryl/α,β-unsaturated/α-hetero) is 1. The van der Waals surface area contributed by atoms with Crippen molar-refractivity contribution >= 4 is 11.8 Å². The number of ketones is 1. The maximum Gasteiger partial charge on any atom is 0.339 e. The Balaban J connectivity index is 1.76. The summed E-state index contributed by atoms with van der Waals surface area (Å²) in [7, 11) is 1.37. The lowest BCUT2D eigenvalue weighted by Gasteiger charge is -2.43. The minimum Gasteiger partial charge on any atom is -0.465 e. The van der Waals surface area contributed by atoms with Crippen LogP contribution in [0.5, 0.6) is 0 Å². The third-order valence-electron chi connectivity index (χ3n) is 6.32. The molecule has 1 saturated carbocycles. The predicted octanol–water partition coefficient (Wildman–Crippen LogP) is 3.50. The number of hydrogen-bond donors (Lipinski definition) is 1. The average Bonchev–Trinajstić information content (AvgIpc) is 2.93. The number of aromatic amines is 1. The van der Waals surface area contributed by atoms with Gasteiger partial charge in [-0.3, -0.25) is 9.69 Å². The van der Waals surface area contributed by atoms with Crippen LogP contribution in [-0.4, -0.2) is 47.9 Å². The molecule has 0 aromatic carbocycles. The summed E-state index contributed by atoms with van der Waals surface area (Å²) in [6, 6.07) is -0.162. The smallest absolute Gasteiger partial charge is 0.339 e. The minimum absolute atomic E-state index is 0.0741. The molecular formula is C20H30N2O3. The van der Waals surface area contributed by atoms with E-state index in [4.69, 9.17) is 4.74 Å². The number of nitrogens with one attached hydrogen (secondary N) is 1. The number of H-pyrrole nitrogens is 1. The summed E-state index contributed by atoms with van der Waals surface area (Å²) < 4.78 is 4.85. The van der Waals surface area contributed by atoms with Crippen molar-refractivity contribution in [3.8, 4) is 0 Å². The van der Waals surface area contributed by atoms with Gasteiger partial charge in [0.25, 0.3) is 0 Å². The molecule has 0 bridgehead atoms. The largest absolute Gasteiger partial charge is 0.465 e. The summed E-state index contributed by atoms with van der Waals surface area (Å²) in [4.78, 5) is 30.5. The summed E-state index contributed by atoms with van der Waals surface area (Å²) in [5.74, 6) is 1.29. The van der Waals surface area contributed by atoms with E-state index in [0.717, 1.165) is 24.9 Å². The van der Waals surface area contributed by atoms with Gasteiger partial charge in [0, 0.05) is 12.2 Å². The van der Waals surface area contributed by atoms with E-state index in [1.165, 1.54) is 39.2 Å². The van der Waals surface area contributed by atoms with Crippen molar-refractivity contribution in [1.82, 2.24) is 9.88 Å². The summed E-state index contributed by atoms with van der Waals surface area (Å²) >= 11 is 0. The fourth-order valence-corrected chi connectivity index (χ4v) is 4.76. The van der Waals surface area contributed by atoms with E-state index < -0.39 is 0 Å². The number of fused-ring (bicyclic) bond motifs is 1. The maximum atomic E-state index is 13.1. The number of esters is 1. The average molecular weight is 346 g/mol. The van der Waals surface area contributed by atoms with Crippen LogP contribution in [0.1, 0.15) is 71.1 Å². The van der Waals surface area contributed by atoms with E-state index in [-0.39, 0.29) is 17.8 Å². The van der Waals surface area contributed by atoms with Crippen LogP contribution in [0.4, 0.5) is 0 Å². The second-order valence-corrected chi connectivity index (χ2v) is 7.75. The molecule has 1 aliphatic carbocycles. The number of ether oxygens (including phenoxy) is 1. The second-order valence-electron chi connectivity index (χ2n) is 7.75. The monoisotopic (exact) mass is 346 g/mol. The van der Waals surface area contributed by atoms with Crippen LogP contribution in [0, 0.1) is 25.7 Å². The molecular weight excluding hydrogens is 316 g/mol. The molecule has 0 radical (unpaired) electrons.